The van der Waals surface area contributed by atoms with Crippen molar-refractivity contribution in [3.05, 3.63) is 50.9 Å². The highest BCUT2D eigenvalue weighted by Crippen LogP contribution is 2.41. The Morgan fingerprint density at radius 2 is 1.92 bits per heavy atom. The van der Waals surface area contributed by atoms with Crippen molar-refractivity contribution >= 4 is 45.4 Å². The van der Waals surface area contributed by atoms with Crippen LogP contribution in [0.25, 0.3) is 0 Å². The fourth-order valence-corrected chi connectivity index (χ4v) is 6.51. The highest BCUT2D eigenvalue weighted by molar-refractivity contribution is 7.17. The molecule has 10 heteroatoms. The van der Waals surface area contributed by atoms with Crippen molar-refractivity contribution in [2.75, 3.05) is 51.2 Å². The maximum atomic E-state index is 13.1. The predicted octanol–water partition coefficient (Wildman–Crippen LogP) is 3.45. The zero-order chi connectivity index (χ0) is 26.1. The SMILES string of the molecule is Cc1sc2c(c1C)C(c1ccc(Cl)cc1)=N[C@@H](CC(=O)NCCCN1CCN(C)CC1)C1=NNC(C)N12. The van der Waals surface area contributed by atoms with Crippen LogP contribution in [0.4, 0.5) is 5.00 Å². The molecule has 4 heterocycles. The number of halogens is 1. The number of nitrogens with zero attached hydrogens (tertiary/aromatic N) is 5. The summed E-state index contributed by atoms with van der Waals surface area (Å²) in [5.74, 6) is 0.800. The summed E-state index contributed by atoms with van der Waals surface area (Å²) < 4.78 is 0. The maximum absolute atomic E-state index is 13.1. The summed E-state index contributed by atoms with van der Waals surface area (Å²) in [6, 6.07) is 7.41. The highest BCUT2D eigenvalue weighted by atomic mass is 35.5. The minimum Gasteiger partial charge on any atom is -0.356 e. The van der Waals surface area contributed by atoms with E-state index in [9.17, 15) is 4.79 Å². The second-order valence-electron chi connectivity index (χ2n) is 10.2. The van der Waals surface area contributed by atoms with Crippen molar-refractivity contribution in [1.29, 1.82) is 0 Å². The number of fused-ring (bicyclic) bond motifs is 3. The van der Waals surface area contributed by atoms with Crippen LogP contribution >= 0.6 is 22.9 Å². The van der Waals surface area contributed by atoms with Gasteiger partial charge in [-0.25, -0.2) is 0 Å². The number of hydrazone groups is 1. The van der Waals surface area contributed by atoms with Gasteiger partial charge in [-0.1, -0.05) is 23.7 Å². The third kappa shape index (κ3) is 5.55. The Kier molecular flexibility index (Phi) is 7.85. The monoisotopic (exact) mass is 541 g/mol. The van der Waals surface area contributed by atoms with E-state index >= 15 is 0 Å². The fraction of sp³-hybridized carbons (Fsp3) is 0.519. The largest absolute Gasteiger partial charge is 0.356 e. The lowest BCUT2D eigenvalue weighted by molar-refractivity contribution is -0.121. The van der Waals surface area contributed by atoms with E-state index in [0.717, 1.165) is 66.8 Å². The van der Waals surface area contributed by atoms with Gasteiger partial charge in [-0.05, 0) is 58.5 Å². The molecule has 0 aliphatic carbocycles. The molecule has 1 aromatic carbocycles. The summed E-state index contributed by atoms with van der Waals surface area (Å²) in [5.41, 5.74) is 7.42. The summed E-state index contributed by atoms with van der Waals surface area (Å²) in [4.78, 5) is 26.6. The Hall–Kier alpha value is -2.46. The van der Waals surface area contributed by atoms with Crippen LogP contribution in [0.2, 0.25) is 5.02 Å². The number of likely N-dealkylation sites (N-methyl/N-ethyl adjacent to an activating group) is 1. The molecule has 2 aromatic rings. The van der Waals surface area contributed by atoms with Gasteiger partial charge in [0, 0.05) is 53.8 Å². The molecule has 2 atom stereocenters. The van der Waals surface area contributed by atoms with Crippen LogP contribution in [0.5, 0.6) is 0 Å². The number of carbonyl (C=O) groups is 1. The number of aliphatic imine (C=N–C) groups is 1. The lowest BCUT2D eigenvalue weighted by Crippen LogP contribution is -2.45. The molecular weight excluding hydrogens is 506 g/mol. The Labute approximate surface area is 228 Å². The number of carbonyl (C=O) groups excluding carboxylic acids is 1. The second kappa shape index (κ2) is 11.1. The zero-order valence-electron chi connectivity index (χ0n) is 22.1. The molecule has 37 heavy (non-hydrogen) atoms. The van der Waals surface area contributed by atoms with E-state index in [0.29, 0.717) is 11.6 Å². The van der Waals surface area contributed by atoms with Gasteiger partial charge in [0.1, 0.15) is 17.2 Å². The molecule has 3 aliphatic rings. The van der Waals surface area contributed by atoms with Crippen molar-refractivity contribution in [3.63, 3.8) is 0 Å². The van der Waals surface area contributed by atoms with E-state index in [1.807, 2.05) is 24.3 Å². The van der Waals surface area contributed by atoms with Gasteiger partial charge in [0.25, 0.3) is 0 Å². The Morgan fingerprint density at radius 3 is 2.65 bits per heavy atom. The molecule has 2 N–H and O–H groups in total. The van der Waals surface area contributed by atoms with Gasteiger partial charge in [-0.2, -0.15) is 5.10 Å². The van der Waals surface area contributed by atoms with E-state index in [-0.39, 0.29) is 24.5 Å². The van der Waals surface area contributed by atoms with E-state index < -0.39 is 0 Å². The van der Waals surface area contributed by atoms with Crippen molar-refractivity contribution in [2.24, 2.45) is 10.1 Å². The summed E-state index contributed by atoms with van der Waals surface area (Å²) >= 11 is 7.95. The van der Waals surface area contributed by atoms with E-state index in [4.69, 9.17) is 16.6 Å². The van der Waals surface area contributed by atoms with Crippen LogP contribution < -0.4 is 15.6 Å². The molecule has 5 rings (SSSR count). The molecule has 8 nitrogen and oxygen atoms in total. The first-order valence-electron chi connectivity index (χ1n) is 13.1. The van der Waals surface area contributed by atoms with Crippen LogP contribution in [0.3, 0.4) is 0 Å². The summed E-state index contributed by atoms with van der Waals surface area (Å²) in [6.45, 7) is 12.5. The quantitative estimate of drug-likeness (QED) is 0.525. The number of thiophene rings is 1. The predicted molar refractivity (Wildman–Crippen MR) is 153 cm³/mol. The van der Waals surface area contributed by atoms with Crippen LogP contribution in [0, 0.1) is 13.8 Å². The Balaban J connectivity index is 1.35. The number of hydrogen-bond acceptors (Lipinski definition) is 8. The normalized spacial score (nSPS) is 22.0. The van der Waals surface area contributed by atoms with Crippen LogP contribution in [-0.2, 0) is 4.79 Å². The molecular formula is C27H36ClN7OS. The van der Waals surface area contributed by atoms with Crippen LogP contribution in [0.1, 0.15) is 41.3 Å². The number of amidine groups is 1. The molecule has 198 valence electrons. The first-order valence-corrected chi connectivity index (χ1v) is 14.3. The smallest absolute Gasteiger partial charge is 0.222 e. The highest BCUT2D eigenvalue weighted by Gasteiger charge is 2.39. The number of hydrogen-bond donors (Lipinski definition) is 2. The molecule has 0 radical (unpaired) electrons. The van der Waals surface area contributed by atoms with Crippen molar-refractivity contribution in [3.8, 4) is 0 Å². The Bertz CT molecular complexity index is 1200. The lowest BCUT2D eigenvalue weighted by atomic mass is 9.99. The van der Waals surface area contributed by atoms with E-state index in [1.165, 1.54) is 10.4 Å². The van der Waals surface area contributed by atoms with Crippen LogP contribution in [-0.4, -0.2) is 85.8 Å². The summed E-state index contributed by atoms with van der Waals surface area (Å²) in [7, 11) is 2.17. The molecule has 1 saturated heterocycles. The van der Waals surface area contributed by atoms with Crippen molar-refractivity contribution in [1.82, 2.24) is 20.5 Å². The third-order valence-corrected chi connectivity index (χ3v) is 8.93. The van der Waals surface area contributed by atoms with Crippen molar-refractivity contribution in [2.45, 2.75) is 45.8 Å². The lowest BCUT2D eigenvalue weighted by Gasteiger charge is -2.32. The number of anilines is 1. The minimum absolute atomic E-state index is 0.00273. The average Bonchev–Trinajstić information content (AvgIpc) is 3.35. The topological polar surface area (TPSA) is 75.6 Å². The number of nitrogens with one attached hydrogen (secondary N) is 2. The zero-order valence-corrected chi connectivity index (χ0v) is 23.6. The number of amides is 1. The van der Waals surface area contributed by atoms with Gasteiger partial charge >= 0.3 is 0 Å². The molecule has 3 aliphatic heterocycles. The number of rotatable bonds is 7. The van der Waals surface area contributed by atoms with Crippen LogP contribution in [0.15, 0.2) is 34.4 Å². The van der Waals surface area contributed by atoms with E-state index in [2.05, 4.69) is 58.4 Å². The standard InChI is InChI=1S/C27H36ClN7OS/c1-17-18(2)37-27-24(17)25(20-6-8-21(28)9-7-20)30-22(26-32-31-19(3)35(26)27)16-23(36)29-10-5-11-34-14-12-33(4)13-15-34/h6-9,19,22,31H,5,10-16H2,1-4H3,(H,29,36)/t19?,22-/m0/s1. The molecule has 1 amide bonds. The fourth-order valence-electron chi connectivity index (χ4n) is 5.13. The number of aryl methyl sites for hydroxylation is 1. The molecule has 1 aromatic heterocycles. The second-order valence-corrected chi connectivity index (χ2v) is 11.8. The Morgan fingerprint density at radius 1 is 1.19 bits per heavy atom. The van der Waals surface area contributed by atoms with Crippen molar-refractivity contribution < 1.29 is 4.79 Å². The average molecular weight is 542 g/mol. The third-order valence-electron chi connectivity index (χ3n) is 7.47. The van der Waals surface area contributed by atoms with E-state index in [1.54, 1.807) is 11.3 Å². The van der Waals surface area contributed by atoms with Gasteiger partial charge in [0.05, 0.1) is 12.1 Å². The summed E-state index contributed by atoms with van der Waals surface area (Å²) in [6.07, 6.45) is 1.18. The molecule has 0 bridgehead atoms. The first kappa shape index (κ1) is 26.2. The molecule has 1 fully saturated rings. The minimum atomic E-state index is -0.389. The molecule has 0 spiro atoms. The number of piperazine rings is 1. The number of benzene rings is 1. The summed E-state index contributed by atoms with van der Waals surface area (Å²) in [5, 5.41) is 9.60. The first-order chi connectivity index (χ1) is 17.8. The molecule has 1 unspecified atom stereocenters. The molecule has 0 saturated carbocycles. The van der Waals surface area contributed by atoms with Gasteiger partial charge in [0.15, 0.2) is 5.84 Å². The van der Waals surface area contributed by atoms with Gasteiger partial charge < -0.3 is 15.1 Å². The van der Waals surface area contributed by atoms with Gasteiger partial charge in [0.2, 0.25) is 5.91 Å². The van der Waals surface area contributed by atoms with Gasteiger partial charge in [-0.15, -0.1) is 11.3 Å². The van der Waals surface area contributed by atoms with Gasteiger partial charge in [-0.3, -0.25) is 20.1 Å². The maximum Gasteiger partial charge on any atom is 0.222 e.